The molecule has 1 N–H and O–H groups in total. The van der Waals surface area contributed by atoms with Crippen LogP contribution in [0.3, 0.4) is 0 Å². The number of piperidine rings is 1. The molecular weight excluding hydrogens is 257 g/mol. The van der Waals surface area contributed by atoms with Crippen molar-refractivity contribution in [3.8, 4) is 0 Å². The summed E-state index contributed by atoms with van der Waals surface area (Å²) in [6.07, 6.45) is 2.38. The van der Waals surface area contributed by atoms with Gasteiger partial charge in [0.25, 0.3) is 0 Å². The molecule has 0 bridgehead atoms. The number of ether oxygens (including phenoxy) is 1. The lowest BCUT2D eigenvalue weighted by atomic mass is 9.99. The second-order valence-corrected chi connectivity index (χ2v) is 5.22. The van der Waals surface area contributed by atoms with E-state index in [9.17, 15) is 0 Å². The summed E-state index contributed by atoms with van der Waals surface area (Å²) >= 11 is 12.2. The van der Waals surface area contributed by atoms with Gasteiger partial charge in [-0.15, -0.1) is 0 Å². The Kier molecular flexibility index (Phi) is 5.11. The number of halogens is 2. The molecule has 0 unspecified atom stereocenters. The van der Waals surface area contributed by atoms with E-state index in [4.69, 9.17) is 27.9 Å². The summed E-state index contributed by atoms with van der Waals surface area (Å²) in [5.74, 6) is 0.664. The molecule has 0 atom stereocenters. The van der Waals surface area contributed by atoms with Crippen LogP contribution in [0.1, 0.15) is 18.4 Å². The van der Waals surface area contributed by atoms with Crippen molar-refractivity contribution in [2.24, 2.45) is 5.92 Å². The predicted octanol–water partition coefficient (Wildman–Crippen LogP) is 3.51. The highest BCUT2D eigenvalue weighted by atomic mass is 35.5. The molecule has 1 aliphatic heterocycles. The lowest BCUT2D eigenvalue weighted by Crippen LogP contribution is -2.29. The summed E-state index contributed by atoms with van der Waals surface area (Å²) in [6.45, 7) is 3.49. The van der Waals surface area contributed by atoms with Crippen molar-refractivity contribution in [1.29, 1.82) is 0 Å². The van der Waals surface area contributed by atoms with Crippen molar-refractivity contribution < 1.29 is 4.74 Å². The average Bonchev–Trinajstić information content (AvgIpc) is 2.34. The van der Waals surface area contributed by atoms with Gasteiger partial charge in [-0.25, -0.2) is 0 Å². The second-order valence-electron chi connectivity index (χ2n) is 4.41. The molecule has 1 saturated heterocycles. The highest BCUT2D eigenvalue weighted by molar-refractivity contribution is 6.35. The molecule has 4 heteroatoms. The molecule has 0 spiro atoms. The van der Waals surface area contributed by atoms with Crippen LogP contribution in [0.2, 0.25) is 10.0 Å². The lowest BCUT2D eigenvalue weighted by molar-refractivity contribution is 0.0764. The first-order valence-corrected chi connectivity index (χ1v) is 6.74. The minimum absolute atomic E-state index is 0.502. The molecule has 0 aliphatic carbocycles. The van der Waals surface area contributed by atoms with Crippen LogP contribution in [-0.4, -0.2) is 19.7 Å². The third-order valence-corrected chi connectivity index (χ3v) is 3.83. The Morgan fingerprint density at radius 2 is 1.82 bits per heavy atom. The van der Waals surface area contributed by atoms with E-state index in [1.807, 2.05) is 18.2 Å². The van der Waals surface area contributed by atoms with Gasteiger partial charge in [0, 0.05) is 22.2 Å². The maximum atomic E-state index is 6.08. The zero-order valence-corrected chi connectivity index (χ0v) is 11.2. The summed E-state index contributed by atoms with van der Waals surface area (Å²) in [5, 5.41) is 4.71. The van der Waals surface area contributed by atoms with E-state index >= 15 is 0 Å². The fourth-order valence-corrected chi connectivity index (χ4v) is 2.55. The van der Waals surface area contributed by atoms with E-state index in [1.54, 1.807) is 0 Å². The number of rotatable bonds is 4. The molecule has 1 fully saturated rings. The van der Waals surface area contributed by atoms with Crippen LogP contribution >= 0.6 is 23.2 Å². The Balaban J connectivity index is 1.81. The minimum Gasteiger partial charge on any atom is -0.376 e. The van der Waals surface area contributed by atoms with Gasteiger partial charge < -0.3 is 10.1 Å². The van der Waals surface area contributed by atoms with Gasteiger partial charge in [-0.3, -0.25) is 0 Å². The Hall–Kier alpha value is -0.280. The van der Waals surface area contributed by atoms with Crippen LogP contribution < -0.4 is 5.32 Å². The molecule has 1 aliphatic rings. The molecule has 0 amide bonds. The zero-order chi connectivity index (χ0) is 12.1. The fraction of sp³-hybridized carbons (Fsp3) is 0.538. The molecule has 1 heterocycles. The van der Waals surface area contributed by atoms with Crippen molar-refractivity contribution >= 4 is 23.2 Å². The van der Waals surface area contributed by atoms with Gasteiger partial charge in [0.1, 0.15) is 0 Å². The van der Waals surface area contributed by atoms with E-state index in [0.29, 0.717) is 22.6 Å². The predicted molar refractivity (Wildman–Crippen MR) is 71.7 cm³/mol. The molecule has 2 rings (SSSR count). The molecule has 1 aromatic rings. The smallest absolute Gasteiger partial charge is 0.0746 e. The molecule has 1 aromatic carbocycles. The number of benzene rings is 1. The normalized spacial score (nSPS) is 17.3. The molecule has 0 radical (unpaired) electrons. The Labute approximate surface area is 112 Å². The quantitative estimate of drug-likeness (QED) is 0.907. The average molecular weight is 274 g/mol. The maximum Gasteiger partial charge on any atom is 0.0746 e. The first-order valence-electron chi connectivity index (χ1n) is 5.98. The van der Waals surface area contributed by atoms with Crippen LogP contribution in [0, 0.1) is 5.92 Å². The third kappa shape index (κ3) is 3.85. The first-order chi connectivity index (χ1) is 8.27. The van der Waals surface area contributed by atoms with Crippen LogP contribution in [-0.2, 0) is 11.3 Å². The highest BCUT2D eigenvalue weighted by Crippen LogP contribution is 2.25. The van der Waals surface area contributed by atoms with Crippen LogP contribution in [0.15, 0.2) is 18.2 Å². The van der Waals surface area contributed by atoms with Gasteiger partial charge in [0.15, 0.2) is 0 Å². The molecule has 0 aromatic heterocycles. The Morgan fingerprint density at radius 3 is 2.47 bits per heavy atom. The summed E-state index contributed by atoms with van der Waals surface area (Å²) in [4.78, 5) is 0. The standard InChI is InChI=1S/C13H17Cl2NO/c14-12-2-1-3-13(15)11(12)9-17-8-10-4-6-16-7-5-10/h1-3,10,16H,4-9H2. The molecule has 0 saturated carbocycles. The van der Waals surface area contributed by atoms with Gasteiger partial charge in [0.05, 0.1) is 6.61 Å². The van der Waals surface area contributed by atoms with Crippen LogP contribution in [0.25, 0.3) is 0 Å². The van der Waals surface area contributed by atoms with Gasteiger partial charge in [-0.2, -0.15) is 0 Å². The topological polar surface area (TPSA) is 21.3 Å². The monoisotopic (exact) mass is 273 g/mol. The van der Waals surface area contributed by atoms with Gasteiger partial charge >= 0.3 is 0 Å². The minimum atomic E-state index is 0.502. The molecule has 17 heavy (non-hydrogen) atoms. The summed E-state index contributed by atoms with van der Waals surface area (Å²) < 4.78 is 5.72. The Morgan fingerprint density at radius 1 is 1.18 bits per heavy atom. The van der Waals surface area contributed by atoms with Gasteiger partial charge in [-0.05, 0) is 44.0 Å². The van der Waals surface area contributed by atoms with Crippen molar-refractivity contribution in [2.75, 3.05) is 19.7 Å². The number of hydrogen-bond acceptors (Lipinski definition) is 2. The van der Waals surface area contributed by atoms with Gasteiger partial charge in [0.2, 0.25) is 0 Å². The van der Waals surface area contributed by atoms with Crippen molar-refractivity contribution in [3.05, 3.63) is 33.8 Å². The summed E-state index contributed by atoms with van der Waals surface area (Å²) in [5.41, 5.74) is 0.893. The van der Waals surface area contributed by atoms with Crippen LogP contribution in [0.4, 0.5) is 0 Å². The Bertz CT molecular complexity index is 344. The maximum absolute atomic E-state index is 6.08. The molecule has 2 nitrogen and oxygen atoms in total. The number of hydrogen-bond donors (Lipinski definition) is 1. The van der Waals surface area contributed by atoms with Crippen molar-refractivity contribution in [1.82, 2.24) is 5.32 Å². The van der Waals surface area contributed by atoms with E-state index in [0.717, 1.165) is 25.3 Å². The highest BCUT2D eigenvalue weighted by Gasteiger charge is 2.13. The molecular formula is C13H17Cl2NO. The summed E-state index contributed by atoms with van der Waals surface area (Å²) in [7, 11) is 0. The third-order valence-electron chi connectivity index (χ3n) is 3.12. The first kappa shape index (κ1) is 13.2. The fourth-order valence-electron chi connectivity index (χ4n) is 2.05. The van der Waals surface area contributed by atoms with E-state index in [-0.39, 0.29) is 0 Å². The molecule has 94 valence electrons. The summed E-state index contributed by atoms with van der Waals surface area (Å²) in [6, 6.07) is 5.54. The van der Waals surface area contributed by atoms with E-state index in [2.05, 4.69) is 5.32 Å². The SMILES string of the molecule is Clc1cccc(Cl)c1COCC1CCNCC1. The van der Waals surface area contributed by atoms with E-state index < -0.39 is 0 Å². The largest absolute Gasteiger partial charge is 0.376 e. The zero-order valence-electron chi connectivity index (χ0n) is 9.72. The lowest BCUT2D eigenvalue weighted by Gasteiger charge is -2.22. The second kappa shape index (κ2) is 6.60. The number of nitrogens with one attached hydrogen (secondary N) is 1. The van der Waals surface area contributed by atoms with Crippen LogP contribution in [0.5, 0.6) is 0 Å². The van der Waals surface area contributed by atoms with Crippen molar-refractivity contribution in [2.45, 2.75) is 19.4 Å². The van der Waals surface area contributed by atoms with Gasteiger partial charge in [-0.1, -0.05) is 29.3 Å². The van der Waals surface area contributed by atoms with E-state index in [1.165, 1.54) is 12.8 Å². The van der Waals surface area contributed by atoms with Crippen molar-refractivity contribution in [3.63, 3.8) is 0 Å².